The second-order valence-corrected chi connectivity index (χ2v) is 5.32. The number of hydrogen-bond donors (Lipinski definition) is 2. The van der Waals surface area contributed by atoms with Gasteiger partial charge in [-0.15, -0.1) is 0 Å². The van der Waals surface area contributed by atoms with Gasteiger partial charge in [0.2, 0.25) is 0 Å². The summed E-state index contributed by atoms with van der Waals surface area (Å²) in [5, 5.41) is 7.08. The first-order chi connectivity index (χ1) is 10.1. The average Bonchev–Trinajstić information content (AvgIpc) is 2.47. The predicted molar refractivity (Wildman–Crippen MR) is 91.9 cm³/mol. The highest BCUT2D eigenvalue weighted by Gasteiger charge is 2.09. The summed E-state index contributed by atoms with van der Waals surface area (Å²) in [4.78, 5) is 0. The van der Waals surface area contributed by atoms with Crippen molar-refractivity contribution < 1.29 is 4.74 Å². The molecule has 0 spiro atoms. The summed E-state index contributed by atoms with van der Waals surface area (Å²) in [7, 11) is 1.65. The molecule has 110 valence electrons. The van der Waals surface area contributed by atoms with Crippen molar-refractivity contribution in [1.29, 1.82) is 0 Å². The molecule has 0 aromatic heterocycles. The van der Waals surface area contributed by atoms with Crippen molar-refractivity contribution in [2.75, 3.05) is 12.4 Å². The van der Waals surface area contributed by atoms with Crippen molar-refractivity contribution in [3.05, 3.63) is 59.7 Å². The van der Waals surface area contributed by atoms with Gasteiger partial charge < -0.3 is 15.4 Å². The molecule has 0 aliphatic heterocycles. The van der Waals surface area contributed by atoms with Gasteiger partial charge in [-0.25, -0.2) is 0 Å². The number of ether oxygens (including phenoxy) is 1. The van der Waals surface area contributed by atoms with Gasteiger partial charge in [-0.1, -0.05) is 30.3 Å². The van der Waals surface area contributed by atoms with Crippen LogP contribution in [-0.2, 0) is 0 Å². The standard InChI is InChI=1S/C17H20N2OS/c1-12-7-4-5-10-16(12)13(2)18-17(21)19-14-8-6-9-15(11-14)20-3/h4-11,13H,1-3H3,(H2,18,19,21)/t13-/m1/s1. The lowest BCUT2D eigenvalue weighted by molar-refractivity contribution is 0.415. The van der Waals surface area contributed by atoms with Crippen molar-refractivity contribution in [3.63, 3.8) is 0 Å². The summed E-state index contributed by atoms with van der Waals surface area (Å²) in [6, 6.07) is 16.1. The Hall–Kier alpha value is -2.07. The molecule has 0 radical (unpaired) electrons. The first kappa shape index (κ1) is 15.3. The normalized spacial score (nSPS) is 11.6. The molecule has 2 rings (SSSR count). The molecule has 2 N–H and O–H groups in total. The van der Waals surface area contributed by atoms with E-state index in [1.807, 2.05) is 36.4 Å². The van der Waals surface area contributed by atoms with E-state index in [4.69, 9.17) is 17.0 Å². The fourth-order valence-electron chi connectivity index (χ4n) is 2.22. The Morgan fingerprint density at radius 3 is 2.62 bits per heavy atom. The van der Waals surface area contributed by atoms with Gasteiger partial charge >= 0.3 is 0 Å². The zero-order valence-corrected chi connectivity index (χ0v) is 13.3. The highest BCUT2D eigenvalue weighted by atomic mass is 32.1. The van der Waals surface area contributed by atoms with Crippen molar-refractivity contribution in [3.8, 4) is 5.75 Å². The number of aryl methyl sites for hydroxylation is 1. The third-order valence-corrected chi connectivity index (χ3v) is 3.55. The molecule has 0 heterocycles. The molecule has 4 heteroatoms. The quantitative estimate of drug-likeness (QED) is 0.835. The molecule has 0 aliphatic carbocycles. The van der Waals surface area contributed by atoms with E-state index in [1.54, 1.807) is 7.11 Å². The van der Waals surface area contributed by atoms with Crippen LogP contribution in [-0.4, -0.2) is 12.2 Å². The van der Waals surface area contributed by atoms with Crippen LogP contribution in [0.5, 0.6) is 5.75 Å². The molecule has 3 nitrogen and oxygen atoms in total. The molecule has 0 aliphatic rings. The molecule has 0 saturated carbocycles. The molecule has 1 atom stereocenters. The third-order valence-electron chi connectivity index (χ3n) is 3.33. The van der Waals surface area contributed by atoms with E-state index in [-0.39, 0.29) is 6.04 Å². The number of anilines is 1. The molecule has 0 amide bonds. The summed E-state index contributed by atoms with van der Waals surface area (Å²) in [5.74, 6) is 0.801. The Bertz CT molecular complexity index is 628. The van der Waals surface area contributed by atoms with Gasteiger partial charge in [0.05, 0.1) is 13.2 Å². The molecular formula is C17H20N2OS. The first-order valence-corrected chi connectivity index (χ1v) is 7.28. The summed E-state index contributed by atoms with van der Waals surface area (Å²) < 4.78 is 5.20. The SMILES string of the molecule is COc1cccc(NC(=S)N[C@H](C)c2ccccc2C)c1. The van der Waals surface area contributed by atoms with Gasteiger partial charge in [-0.05, 0) is 49.3 Å². The molecule has 0 saturated heterocycles. The number of nitrogens with one attached hydrogen (secondary N) is 2. The maximum Gasteiger partial charge on any atom is 0.171 e. The Labute approximate surface area is 131 Å². The number of methoxy groups -OCH3 is 1. The van der Waals surface area contributed by atoms with E-state index >= 15 is 0 Å². The number of hydrogen-bond acceptors (Lipinski definition) is 2. The Morgan fingerprint density at radius 2 is 1.90 bits per heavy atom. The smallest absolute Gasteiger partial charge is 0.171 e. The van der Waals surface area contributed by atoms with Gasteiger partial charge in [0.1, 0.15) is 5.75 Å². The van der Waals surface area contributed by atoms with E-state index in [0.29, 0.717) is 5.11 Å². The van der Waals surface area contributed by atoms with Gasteiger partial charge in [-0.3, -0.25) is 0 Å². The molecule has 2 aromatic carbocycles. The first-order valence-electron chi connectivity index (χ1n) is 6.87. The topological polar surface area (TPSA) is 33.3 Å². The van der Waals surface area contributed by atoms with Crippen LogP contribution in [0.1, 0.15) is 24.1 Å². The van der Waals surface area contributed by atoms with Crippen LogP contribution in [0.4, 0.5) is 5.69 Å². The summed E-state index contributed by atoms with van der Waals surface area (Å²) in [6.45, 7) is 4.20. The molecular weight excluding hydrogens is 280 g/mol. The van der Waals surface area contributed by atoms with Crippen LogP contribution >= 0.6 is 12.2 Å². The predicted octanol–water partition coefficient (Wildman–Crippen LogP) is 4.05. The Balaban J connectivity index is 2.00. The maximum absolute atomic E-state index is 5.37. The highest BCUT2D eigenvalue weighted by molar-refractivity contribution is 7.80. The van der Waals surface area contributed by atoms with E-state index in [0.717, 1.165) is 11.4 Å². The van der Waals surface area contributed by atoms with Crippen LogP contribution in [0.25, 0.3) is 0 Å². The minimum Gasteiger partial charge on any atom is -0.497 e. The second-order valence-electron chi connectivity index (χ2n) is 4.91. The average molecular weight is 300 g/mol. The third kappa shape index (κ3) is 4.20. The fraction of sp³-hybridized carbons (Fsp3) is 0.235. The summed E-state index contributed by atoms with van der Waals surface area (Å²) in [5.41, 5.74) is 3.40. The van der Waals surface area contributed by atoms with Gasteiger partial charge in [0.15, 0.2) is 5.11 Å². The van der Waals surface area contributed by atoms with Crippen molar-refractivity contribution in [2.45, 2.75) is 19.9 Å². The van der Waals surface area contributed by atoms with Crippen LogP contribution in [0.15, 0.2) is 48.5 Å². The lowest BCUT2D eigenvalue weighted by Gasteiger charge is -2.19. The molecule has 2 aromatic rings. The highest BCUT2D eigenvalue weighted by Crippen LogP contribution is 2.18. The van der Waals surface area contributed by atoms with Gasteiger partial charge in [0.25, 0.3) is 0 Å². The number of benzene rings is 2. The van der Waals surface area contributed by atoms with E-state index < -0.39 is 0 Å². The van der Waals surface area contributed by atoms with Crippen LogP contribution in [0, 0.1) is 6.92 Å². The van der Waals surface area contributed by atoms with Crippen LogP contribution < -0.4 is 15.4 Å². The zero-order chi connectivity index (χ0) is 15.2. The van der Waals surface area contributed by atoms with Gasteiger partial charge in [-0.2, -0.15) is 0 Å². The largest absolute Gasteiger partial charge is 0.497 e. The second kappa shape index (κ2) is 7.09. The van der Waals surface area contributed by atoms with Crippen LogP contribution in [0.2, 0.25) is 0 Å². The van der Waals surface area contributed by atoms with Gasteiger partial charge in [0, 0.05) is 11.8 Å². The fourth-order valence-corrected chi connectivity index (χ4v) is 2.51. The van der Waals surface area contributed by atoms with E-state index in [2.05, 4.69) is 36.6 Å². The minimum atomic E-state index is 0.150. The number of rotatable bonds is 4. The van der Waals surface area contributed by atoms with Crippen molar-refractivity contribution in [1.82, 2.24) is 5.32 Å². The Morgan fingerprint density at radius 1 is 1.14 bits per heavy atom. The molecule has 0 fully saturated rings. The maximum atomic E-state index is 5.37. The van der Waals surface area contributed by atoms with Crippen molar-refractivity contribution >= 4 is 23.0 Å². The van der Waals surface area contributed by atoms with E-state index in [1.165, 1.54) is 11.1 Å². The lowest BCUT2D eigenvalue weighted by Crippen LogP contribution is -2.31. The van der Waals surface area contributed by atoms with Crippen molar-refractivity contribution in [2.24, 2.45) is 0 Å². The Kier molecular flexibility index (Phi) is 5.17. The molecule has 21 heavy (non-hydrogen) atoms. The van der Waals surface area contributed by atoms with E-state index in [9.17, 15) is 0 Å². The lowest BCUT2D eigenvalue weighted by atomic mass is 10.0. The minimum absolute atomic E-state index is 0.150. The molecule has 0 bridgehead atoms. The number of thiocarbonyl (C=S) groups is 1. The summed E-state index contributed by atoms with van der Waals surface area (Å²) >= 11 is 5.37. The monoisotopic (exact) mass is 300 g/mol. The summed E-state index contributed by atoms with van der Waals surface area (Å²) in [6.07, 6.45) is 0. The zero-order valence-electron chi connectivity index (χ0n) is 12.5. The molecule has 0 unspecified atom stereocenters. The van der Waals surface area contributed by atoms with Crippen LogP contribution in [0.3, 0.4) is 0 Å².